The zero-order chi connectivity index (χ0) is 21.2. The first kappa shape index (κ1) is 23.2. The molecular formula is C20H26ClN3O4. The lowest BCUT2D eigenvalue weighted by Crippen LogP contribution is -2.33. The highest BCUT2D eigenvalue weighted by Crippen LogP contribution is 2.25. The first-order valence-corrected chi connectivity index (χ1v) is 9.06. The summed E-state index contributed by atoms with van der Waals surface area (Å²) < 4.78 is 10.5. The Morgan fingerprint density at radius 3 is 2.61 bits per heavy atom. The number of nitrogens with two attached hydrogens (primary N) is 1. The van der Waals surface area contributed by atoms with Crippen LogP contribution >= 0.6 is 11.6 Å². The molecule has 0 heterocycles. The van der Waals surface area contributed by atoms with Crippen molar-refractivity contribution in [2.45, 2.75) is 39.7 Å². The van der Waals surface area contributed by atoms with Crippen LogP contribution in [0.1, 0.15) is 33.3 Å². The van der Waals surface area contributed by atoms with Crippen LogP contribution in [0.25, 0.3) is 0 Å². The summed E-state index contributed by atoms with van der Waals surface area (Å²) in [6.45, 7) is 7.60. The number of nitrogens with zero attached hydrogens (tertiary/aromatic N) is 1. The van der Waals surface area contributed by atoms with Gasteiger partial charge in [0.25, 0.3) is 0 Å². The molecular weight excluding hydrogens is 382 g/mol. The van der Waals surface area contributed by atoms with Gasteiger partial charge in [-0.15, -0.1) is 0 Å². The number of primary amides is 1. The van der Waals surface area contributed by atoms with Crippen molar-refractivity contribution in [2.24, 2.45) is 10.7 Å². The summed E-state index contributed by atoms with van der Waals surface area (Å²) in [6, 6.07) is 5.27. The highest BCUT2D eigenvalue weighted by molar-refractivity contribution is 6.32. The molecule has 0 aliphatic heterocycles. The number of carbonyl (C=O) groups excluding carboxylic acids is 2. The van der Waals surface area contributed by atoms with Crippen molar-refractivity contribution in [1.29, 1.82) is 0 Å². The second-order valence-corrected chi connectivity index (χ2v) is 7.17. The van der Waals surface area contributed by atoms with Crippen molar-refractivity contribution in [3.8, 4) is 5.75 Å². The molecule has 152 valence electrons. The number of aliphatic imine (C=N–C) groups is 1. The third-order valence-corrected chi connectivity index (χ3v) is 3.46. The number of carbonyl (C=O) groups is 2. The van der Waals surface area contributed by atoms with E-state index >= 15 is 0 Å². The number of amides is 2. The summed E-state index contributed by atoms with van der Waals surface area (Å²) in [5, 5.41) is 3.08. The predicted octanol–water partition coefficient (Wildman–Crippen LogP) is 3.76. The Hall–Kier alpha value is -2.80. The number of ether oxygens (including phenoxy) is 2. The monoisotopic (exact) mass is 407 g/mol. The normalized spacial score (nSPS) is 12.4. The molecule has 1 aromatic carbocycles. The molecule has 0 atom stereocenters. The van der Waals surface area contributed by atoms with Crippen LogP contribution < -0.4 is 15.8 Å². The number of benzene rings is 1. The molecule has 0 fully saturated rings. The molecule has 2 amide bonds. The Morgan fingerprint density at radius 1 is 1.32 bits per heavy atom. The fourth-order valence-corrected chi connectivity index (χ4v) is 2.23. The van der Waals surface area contributed by atoms with Gasteiger partial charge in [0.1, 0.15) is 11.4 Å². The smallest absolute Gasteiger partial charge is 0.407 e. The first-order chi connectivity index (χ1) is 13.1. The van der Waals surface area contributed by atoms with Gasteiger partial charge in [0.05, 0.1) is 10.6 Å². The van der Waals surface area contributed by atoms with Gasteiger partial charge in [0.2, 0.25) is 5.91 Å². The van der Waals surface area contributed by atoms with Crippen molar-refractivity contribution in [3.63, 3.8) is 0 Å². The maximum absolute atomic E-state index is 11.6. The maximum atomic E-state index is 11.6. The Balaban J connectivity index is 2.58. The average molecular weight is 408 g/mol. The second kappa shape index (κ2) is 11.1. The van der Waals surface area contributed by atoms with Gasteiger partial charge >= 0.3 is 6.09 Å². The average Bonchev–Trinajstić information content (AvgIpc) is 2.57. The number of nitrogens with one attached hydrogen (secondary N) is 1. The van der Waals surface area contributed by atoms with Crippen molar-refractivity contribution >= 4 is 30.0 Å². The van der Waals surface area contributed by atoms with Crippen LogP contribution in [0.2, 0.25) is 5.02 Å². The number of allylic oxidation sites excluding steroid dienone is 1. The summed E-state index contributed by atoms with van der Waals surface area (Å²) in [5.74, 6) is -0.174. The van der Waals surface area contributed by atoms with Gasteiger partial charge in [-0.25, -0.2) is 9.79 Å². The van der Waals surface area contributed by atoms with Gasteiger partial charge in [-0.1, -0.05) is 29.8 Å². The van der Waals surface area contributed by atoms with Crippen LogP contribution in [0.15, 0.2) is 47.1 Å². The van der Waals surface area contributed by atoms with Crippen LogP contribution in [0.4, 0.5) is 4.79 Å². The minimum atomic E-state index is -0.586. The van der Waals surface area contributed by atoms with E-state index in [1.807, 2.05) is 6.07 Å². The van der Waals surface area contributed by atoms with E-state index in [0.29, 0.717) is 23.7 Å². The molecule has 7 nitrogen and oxygen atoms in total. The van der Waals surface area contributed by atoms with Gasteiger partial charge in [0, 0.05) is 12.7 Å². The van der Waals surface area contributed by atoms with Crippen LogP contribution in [-0.2, 0) is 16.0 Å². The van der Waals surface area contributed by atoms with Crippen molar-refractivity contribution < 1.29 is 19.1 Å². The fraction of sp³-hybridized carbons (Fsp3) is 0.350. The number of hydrogen-bond donors (Lipinski definition) is 2. The van der Waals surface area contributed by atoms with Crippen LogP contribution in [-0.4, -0.2) is 30.5 Å². The summed E-state index contributed by atoms with van der Waals surface area (Å²) in [7, 11) is 0. The first-order valence-electron chi connectivity index (χ1n) is 8.68. The minimum Gasteiger partial charge on any atom is -0.444 e. The number of alkyl carbamates (subject to hydrolysis) is 1. The lowest BCUT2D eigenvalue weighted by molar-refractivity contribution is -0.114. The van der Waals surface area contributed by atoms with E-state index in [1.54, 1.807) is 52.0 Å². The third-order valence-electron chi connectivity index (χ3n) is 3.16. The summed E-state index contributed by atoms with van der Waals surface area (Å²) in [6.07, 6.45) is 5.81. The van der Waals surface area contributed by atoms with E-state index in [-0.39, 0.29) is 5.57 Å². The molecule has 0 bridgehead atoms. The number of hydrogen-bond acceptors (Lipinski definition) is 5. The largest absolute Gasteiger partial charge is 0.444 e. The van der Waals surface area contributed by atoms with E-state index in [0.717, 1.165) is 12.0 Å². The van der Waals surface area contributed by atoms with E-state index in [1.165, 1.54) is 6.20 Å². The fourth-order valence-electron chi connectivity index (χ4n) is 1.98. The van der Waals surface area contributed by atoms with E-state index in [2.05, 4.69) is 10.3 Å². The molecule has 0 aromatic heterocycles. The zero-order valence-corrected chi connectivity index (χ0v) is 17.2. The van der Waals surface area contributed by atoms with Crippen molar-refractivity contribution in [1.82, 2.24) is 5.32 Å². The minimum absolute atomic E-state index is 0.251. The number of rotatable bonds is 8. The second-order valence-electron chi connectivity index (χ2n) is 6.76. The highest BCUT2D eigenvalue weighted by atomic mass is 35.5. The molecule has 0 spiro atoms. The molecule has 0 unspecified atom stereocenters. The van der Waals surface area contributed by atoms with Crippen molar-refractivity contribution in [3.05, 3.63) is 52.7 Å². The van der Waals surface area contributed by atoms with E-state index in [9.17, 15) is 9.59 Å². The summed E-state index contributed by atoms with van der Waals surface area (Å²) >= 11 is 6.20. The molecule has 1 aromatic rings. The summed E-state index contributed by atoms with van der Waals surface area (Å²) in [5.41, 5.74) is 5.86. The Bertz CT molecular complexity index is 780. The standard InChI is InChI=1S/C20H26ClN3O4/c1-5-6-15(18(22)25)12-23-13-27-17-8-7-14(11-16(17)21)9-10-24-19(26)28-20(2,3)4/h5-8,11-13H,9-10H2,1-4H3,(H2,22,25)(H,24,26)/b6-5-,15-12+,23-13?. The lowest BCUT2D eigenvalue weighted by Gasteiger charge is -2.19. The number of halogens is 1. The molecule has 3 N–H and O–H groups in total. The molecule has 1 rings (SSSR count). The SMILES string of the molecule is C/C=C\C(=C/N=COc1ccc(CCNC(=O)OC(C)(C)C)cc1Cl)C(N)=O. The zero-order valence-electron chi connectivity index (χ0n) is 16.5. The summed E-state index contributed by atoms with van der Waals surface area (Å²) in [4.78, 5) is 26.7. The Morgan fingerprint density at radius 2 is 2.04 bits per heavy atom. The van der Waals surface area contributed by atoms with Gasteiger partial charge in [0.15, 0.2) is 6.40 Å². The molecule has 28 heavy (non-hydrogen) atoms. The van der Waals surface area contributed by atoms with E-state index in [4.69, 9.17) is 26.8 Å². The van der Waals surface area contributed by atoms with Gasteiger partial charge in [-0.2, -0.15) is 0 Å². The van der Waals surface area contributed by atoms with E-state index < -0.39 is 17.6 Å². The van der Waals surface area contributed by atoms with Crippen LogP contribution in [0.3, 0.4) is 0 Å². The van der Waals surface area contributed by atoms with Gasteiger partial charge in [-0.3, -0.25) is 4.79 Å². The van der Waals surface area contributed by atoms with Crippen molar-refractivity contribution in [2.75, 3.05) is 6.54 Å². The molecule has 0 saturated carbocycles. The molecule has 0 aliphatic carbocycles. The molecule has 0 radical (unpaired) electrons. The maximum Gasteiger partial charge on any atom is 0.407 e. The molecule has 0 saturated heterocycles. The van der Waals surface area contributed by atoms with Crippen LogP contribution in [0.5, 0.6) is 5.75 Å². The predicted molar refractivity (Wildman–Crippen MR) is 111 cm³/mol. The Kier molecular flexibility index (Phi) is 9.24. The van der Waals surface area contributed by atoms with Crippen LogP contribution in [0, 0.1) is 0 Å². The molecule has 0 aliphatic rings. The highest BCUT2D eigenvalue weighted by Gasteiger charge is 2.15. The molecule has 8 heteroatoms. The van der Waals surface area contributed by atoms with Gasteiger partial charge < -0.3 is 20.5 Å². The third kappa shape index (κ3) is 9.23. The lowest BCUT2D eigenvalue weighted by atomic mass is 10.1. The topological polar surface area (TPSA) is 103 Å². The Labute approximate surface area is 170 Å². The quantitative estimate of drug-likeness (QED) is 0.296. The van der Waals surface area contributed by atoms with Gasteiger partial charge in [-0.05, 0) is 51.8 Å².